The molecule has 1 aromatic heterocycles. The Morgan fingerprint density at radius 1 is 1.47 bits per heavy atom. The normalized spacial score (nSPS) is 13.5. The van der Waals surface area contributed by atoms with Crippen molar-refractivity contribution in [3.05, 3.63) is 5.82 Å². The maximum Gasteiger partial charge on any atom is 0.305 e. The lowest BCUT2D eigenvalue weighted by atomic mass is 9.85. The van der Waals surface area contributed by atoms with Crippen molar-refractivity contribution >= 4 is 5.97 Å². The van der Waals surface area contributed by atoms with Crippen molar-refractivity contribution in [1.82, 2.24) is 20.2 Å². The number of tetrazole rings is 1. The van der Waals surface area contributed by atoms with Crippen LogP contribution in [-0.2, 0) is 16.0 Å². The van der Waals surface area contributed by atoms with Crippen LogP contribution in [0.25, 0.3) is 0 Å². The maximum absolute atomic E-state index is 11.0. The summed E-state index contributed by atoms with van der Waals surface area (Å²) in [5, 5.41) is 20.6. The van der Waals surface area contributed by atoms with E-state index in [0.29, 0.717) is 25.5 Å². The first-order chi connectivity index (χ1) is 8.86. The van der Waals surface area contributed by atoms with E-state index < -0.39 is 5.97 Å². The van der Waals surface area contributed by atoms with Gasteiger partial charge in [0.1, 0.15) is 0 Å². The monoisotopic (exact) mass is 270 g/mol. The van der Waals surface area contributed by atoms with E-state index in [-0.39, 0.29) is 17.9 Å². The van der Waals surface area contributed by atoms with Gasteiger partial charge in [0.15, 0.2) is 5.82 Å². The molecular weight excluding hydrogens is 248 g/mol. The molecule has 0 saturated carbocycles. The molecular formula is C12H22N4O3. The summed E-state index contributed by atoms with van der Waals surface area (Å²) in [5.74, 6) is -0.194. The highest BCUT2D eigenvalue weighted by atomic mass is 16.5. The molecule has 1 unspecified atom stereocenters. The van der Waals surface area contributed by atoms with E-state index in [1.807, 2.05) is 27.7 Å². The van der Waals surface area contributed by atoms with Gasteiger partial charge in [-0.3, -0.25) is 4.79 Å². The van der Waals surface area contributed by atoms with Gasteiger partial charge in [-0.25, -0.2) is 4.68 Å². The van der Waals surface area contributed by atoms with Crippen LogP contribution in [0.5, 0.6) is 0 Å². The highest BCUT2D eigenvalue weighted by Crippen LogP contribution is 2.33. The van der Waals surface area contributed by atoms with Gasteiger partial charge in [0.2, 0.25) is 0 Å². The number of aromatic nitrogens is 4. The number of carboxylic acids is 1. The molecule has 1 N–H and O–H groups in total. The molecule has 0 amide bonds. The molecule has 0 radical (unpaired) electrons. The van der Waals surface area contributed by atoms with Crippen molar-refractivity contribution in [3.8, 4) is 0 Å². The van der Waals surface area contributed by atoms with Gasteiger partial charge in [0, 0.05) is 13.0 Å². The number of carbonyl (C=O) groups is 1. The fraction of sp³-hybridized carbons (Fsp3) is 0.833. The van der Waals surface area contributed by atoms with Gasteiger partial charge in [-0.1, -0.05) is 20.8 Å². The predicted octanol–water partition coefficient (Wildman–Crippen LogP) is 1.31. The van der Waals surface area contributed by atoms with Crippen LogP contribution in [0.15, 0.2) is 0 Å². The molecule has 1 atom stereocenters. The molecule has 108 valence electrons. The number of hydrogen-bond acceptors (Lipinski definition) is 5. The molecule has 0 aliphatic rings. The Morgan fingerprint density at radius 3 is 2.68 bits per heavy atom. The number of ether oxygens (including phenoxy) is 1. The van der Waals surface area contributed by atoms with Crippen molar-refractivity contribution < 1.29 is 14.6 Å². The maximum atomic E-state index is 11.0. The number of hydrogen-bond donors (Lipinski definition) is 1. The van der Waals surface area contributed by atoms with E-state index in [4.69, 9.17) is 9.84 Å². The average Bonchev–Trinajstić information content (AvgIpc) is 2.72. The Hall–Kier alpha value is -1.50. The summed E-state index contributed by atoms with van der Waals surface area (Å²) in [4.78, 5) is 11.0. The minimum Gasteiger partial charge on any atom is -0.481 e. The number of carboxylic acid groups (broad SMARTS) is 1. The summed E-state index contributed by atoms with van der Waals surface area (Å²) in [7, 11) is 0. The first kappa shape index (κ1) is 15.6. The van der Waals surface area contributed by atoms with Gasteiger partial charge < -0.3 is 9.84 Å². The third-order valence-corrected chi connectivity index (χ3v) is 2.90. The Kier molecular flexibility index (Phi) is 5.41. The number of rotatable bonds is 7. The second-order valence-electron chi connectivity index (χ2n) is 5.47. The van der Waals surface area contributed by atoms with Crippen LogP contribution in [-0.4, -0.2) is 44.5 Å². The molecule has 0 saturated heterocycles. The van der Waals surface area contributed by atoms with E-state index in [0.717, 1.165) is 0 Å². The highest BCUT2D eigenvalue weighted by molar-refractivity contribution is 5.67. The zero-order valence-corrected chi connectivity index (χ0v) is 12.0. The standard InChI is InChI=1S/C12H22N4O3/c1-5-19-7-6-10-13-14-15-16(10)9(8-11(17)18)12(2,3)4/h9H,5-8H2,1-4H3,(H,17,18). The highest BCUT2D eigenvalue weighted by Gasteiger charge is 2.31. The molecule has 0 spiro atoms. The summed E-state index contributed by atoms with van der Waals surface area (Å²) in [5.41, 5.74) is -0.242. The predicted molar refractivity (Wildman–Crippen MR) is 68.8 cm³/mol. The summed E-state index contributed by atoms with van der Waals surface area (Å²) >= 11 is 0. The van der Waals surface area contributed by atoms with Gasteiger partial charge in [0.25, 0.3) is 0 Å². The van der Waals surface area contributed by atoms with Gasteiger partial charge in [-0.15, -0.1) is 5.10 Å². The molecule has 7 nitrogen and oxygen atoms in total. The molecule has 0 aliphatic carbocycles. The van der Waals surface area contributed by atoms with E-state index in [1.54, 1.807) is 4.68 Å². The van der Waals surface area contributed by atoms with Gasteiger partial charge >= 0.3 is 5.97 Å². The molecule has 19 heavy (non-hydrogen) atoms. The summed E-state index contributed by atoms with van der Waals surface area (Å²) in [6.07, 6.45) is 0.573. The molecule has 1 heterocycles. The number of aliphatic carboxylic acids is 1. The Labute approximate surface area is 112 Å². The summed E-state index contributed by atoms with van der Waals surface area (Å²) in [6, 6.07) is -0.281. The van der Waals surface area contributed by atoms with E-state index in [2.05, 4.69) is 15.5 Å². The topological polar surface area (TPSA) is 90.1 Å². The van der Waals surface area contributed by atoms with Gasteiger partial charge in [0.05, 0.1) is 19.1 Å². The van der Waals surface area contributed by atoms with Crippen LogP contribution in [0.4, 0.5) is 0 Å². The second-order valence-corrected chi connectivity index (χ2v) is 5.47. The quantitative estimate of drug-likeness (QED) is 0.751. The molecule has 0 aromatic carbocycles. The third kappa shape index (κ3) is 4.59. The zero-order valence-electron chi connectivity index (χ0n) is 12.0. The minimum atomic E-state index is -0.855. The molecule has 7 heteroatoms. The van der Waals surface area contributed by atoms with Crippen molar-refractivity contribution in [2.75, 3.05) is 13.2 Å². The fourth-order valence-electron chi connectivity index (χ4n) is 1.85. The lowest BCUT2D eigenvalue weighted by molar-refractivity contribution is -0.138. The molecule has 1 aromatic rings. The Bertz CT molecular complexity index is 411. The van der Waals surface area contributed by atoms with Gasteiger partial charge in [-0.05, 0) is 22.8 Å². The van der Waals surface area contributed by atoms with Crippen LogP contribution in [0.2, 0.25) is 0 Å². The van der Waals surface area contributed by atoms with Crippen LogP contribution in [0, 0.1) is 5.41 Å². The van der Waals surface area contributed by atoms with Crippen molar-refractivity contribution in [2.45, 2.75) is 46.6 Å². The van der Waals surface area contributed by atoms with Crippen LogP contribution < -0.4 is 0 Å². The zero-order chi connectivity index (χ0) is 14.5. The Balaban J connectivity index is 2.90. The van der Waals surface area contributed by atoms with E-state index in [1.165, 1.54) is 0 Å². The average molecular weight is 270 g/mol. The van der Waals surface area contributed by atoms with Crippen molar-refractivity contribution in [3.63, 3.8) is 0 Å². The summed E-state index contributed by atoms with van der Waals surface area (Å²) in [6.45, 7) is 9.03. The van der Waals surface area contributed by atoms with Crippen molar-refractivity contribution in [2.24, 2.45) is 5.41 Å². The van der Waals surface area contributed by atoms with Crippen LogP contribution in [0.1, 0.15) is 46.0 Å². The smallest absolute Gasteiger partial charge is 0.305 e. The summed E-state index contributed by atoms with van der Waals surface area (Å²) < 4.78 is 6.90. The third-order valence-electron chi connectivity index (χ3n) is 2.90. The first-order valence-corrected chi connectivity index (χ1v) is 6.42. The number of nitrogens with zero attached hydrogens (tertiary/aromatic N) is 4. The SMILES string of the molecule is CCOCCc1nnnn1C(CC(=O)O)C(C)(C)C. The lowest BCUT2D eigenvalue weighted by Crippen LogP contribution is -2.29. The van der Waals surface area contributed by atoms with Crippen molar-refractivity contribution in [1.29, 1.82) is 0 Å². The second kappa shape index (κ2) is 6.60. The van der Waals surface area contributed by atoms with Crippen LogP contribution >= 0.6 is 0 Å². The van der Waals surface area contributed by atoms with Crippen LogP contribution in [0.3, 0.4) is 0 Å². The van der Waals surface area contributed by atoms with E-state index in [9.17, 15) is 4.79 Å². The lowest BCUT2D eigenvalue weighted by Gasteiger charge is -2.29. The molecule has 0 bridgehead atoms. The van der Waals surface area contributed by atoms with Gasteiger partial charge in [-0.2, -0.15) is 0 Å². The molecule has 0 aliphatic heterocycles. The minimum absolute atomic E-state index is 0.00379. The molecule has 0 fully saturated rings. The van der Waals surface area contributed by atoms with E-state index >= 15 is 0 Å². The largest absolute Gasteiger partial charge is 0.481 e. The molecule has 1 rings (SSSR count). The first-order valence-electron chi connectivity index (χ1n) is 6.42. The Morgan fingerprint density at radius 2 is 2.16 bits per heavy atom. The fourth-order valence-corrected chi connectivity index (χ4v) is 1.85.